The van der Waals surface area contributed by atoms with Crippen molar-refractivity contribution in [2.75, 3.05) is 25.4 Å². The van der Waals surface area contributed by atoms with E-state index in [-0.39, 0.29) is 0 Å². The van der Waals surface area contributed by atoms with Crippen molar-refractivity contribution in [3.8, 4) is 0 Å². The average Bonchev–Trinajstić information content (AvgIpc) is 3.12. The summed E-state index contributed by atoms with van der Waals surface area (Å²) in [6.07, 6.45) is 5.45. The predicted molar refractivity (Wildman–Crippen MR) is 117 cm³/mol. The van der Waals surface area contributed by atoms with Gasteiger partial charge in [0, 0.05) is 48.3 Å². The smallest absolute Gasteiger partial charge is 0.312 e. The minimum Gasteiger partial charge on any atom is -0.398 e. The van der Waals surface area contributed by atoms with Crippen LogP contribution in [0.15, 0.2) is 48.7 Å². The number of benzene rings is 1. The van der Waals surface area contributed by atoms with Crippen LogP contribution in [0.1, 0.15) is 10.4 Å². The van der Waals surface area contributed by atoms with Crippen molar-refractivity contribution in [2.24, 2.45) is 0 Å². The Balaban J connectivity index is 1.39. The summed E-state index contributed by atoms with van der Waals surface area (Å²) < 4.78 is 0.719. The quantitative estimate of drug-likeness (QED) is 0.634. The molecule has 2 N–H and O–H groups in total. The fraction of sp³-hybridized carbons (Fsp3) is 0.190. The molecule has 0 saturated carbocycles. The van der Waals surface area contributed by atoms with Gasteiger partial charge in [0.25, 0.3) is 0 Å². The number of carbonyl (C=O) groups is 2. The SMILES string of the molecule is Nc1ccnc2cc(CN3CCN(C/C=C/c4ccc(Cl)s4)C(=O)C3=O)ccc12. The molecule has 2 amide bonds. The van der Waals surface area contributed by atoms with Crippen molar-refractivity contribution in [3.05, 3.63) is 63.4 Å². The van der Waals surface area contributed by atoms with E-state index < -0.39 is 11.8 Å². The van der Waals surface area contributed by atoms with Gasteiger partial charge < -0.3 is 15.5 Å². The number of piperazine rings is 1. The number of hydrogen-bond donors (Lipinski definition) is 1. The predicted octanol–water partition coefficient (Wildman–Crippen LogP) is 3.42. The fourth-order valence-electron chi connectivity index (χ4n) is 3.29. The number of hydrogen-bond acceptors (Lipinski definition) is 5. The van der Waals surface area contributed by atoms with E-state index in [0.29, 0.717) is 31.9 Å². The minimum absolute atomic E-state index is 0.369. The van der Waals surface area contributed by atoms with Gasteiger partial charge in [-0.05, 0) is 35.9 Å². The van der Waals surface area contributed by atoms with Gasteiger partial charge in [0.05, 0.1) is 9.85 Å². The second kappa shape index (κ2) is 8.23. The van der Waals surface area contributed by atoms with E-state index in [9.17, 15) is 9.59 Å². The third-order valence-electron chi connectivity index (χ3n) is 4.81. The number of amides is 2. The molecule has 1 aliphatic heterocycles. The monoisotopic (exact) mass is 426 g/mol. The molecule has 1 aromatic carbocycles. The Labute approximate surface area is 177 Å². The summed E-state index contributed by atoms with van der Waals surface area (Å²) in [6.45, 7) is 1.76. The number of carbonyl (C=O) groups excluding carboxylic acids is 2. The first-order chi connectivity index (χ1) is 14.0. The molecule has 0 unspecified atom stereocenters. The molecule has 8 heteroatoms. The van der Waals surface area contributed by atoms with Crippen LogP contribution in [0.5, 0.6) is 0 Å². The summed E-state index contributed by atoms with van der Waals surface area (Å²) in [5.74, 6) is -0.960. The Morgan fingerprint density at radius 1 is 1.10 bits per heavy atom. The molecule has 6 nitrogen and oxygen atoms in total. The first-order valence-corrected chi connectivity index (χ1v) is 10.3. The molecule has 29 heavy (non-hydrogen) atoms. The Hall–Kier alpha value is -2.90. The lowest BCUT2D eigenvalue weighted by Crippen LogP contribution is -2.53. The van der Waals surface area contributed by atoms with Crippen molar-refractivity contribution in [1.29, 1.82) is 0 Å². The van der Waals surface area contributed by atoms with E-state index >= 15 is 0 Å². The van der Waals surface area contributed by atoms with Crippen LogP contribution in [0.25, 0.3) is 17.0 Å². The molecular formula is C21H19ClN4O2S. The van der Waals surface area contributed by atoms with Crippen molar-refractivity contribution in [3.63, 3.8) is 0 Å². The number of rotatable bonds is 5. The molecule has 1 aliphatic rings. The van der Waals surface area contributed by atoms with Crippen LogP contribution in [-0.4, -0.2) is 46.2 Å². The highest BCUT2D eigenvalue weighted by Gasteiger charge is 2.31. The van der Waals surface area contributed by atoms with Crippen LogP contribution in [0.4, 0.5) is 5.69 Å². The summed E-state index contributed by atoms with van der Waals surface area (Å²) in [5.41, 5.74) is 8.32. The normalized spacial score (nSPS) is 15.1. The second-order valence-electron chi connectivity index (χ2n) is 6.77. The van der Waals surface area contributed by atoms with Gasteiger partial charge in [-0.25, -0.2) is 0 Å². The molecule has 0 aliphatic carbocycles. The van der Waals surface area contributed by atoms with Gasteiger partial charge >= 0.3 is 11.8 Å². The molecular weight excluding hydrogens is 408 g/mol. The minimum atomic E-state index is -0.482. The standard InChI is InChI=1S/C21H19ClN4O2S/c22-19-6-4-15(29-19)2-1-9-25-10-11-26(21(28)20(25)27)13-14-3-5-16-17(23)7-8-24-18(16)12-14/h1-8,12H,9-11,13H2,(H2,23,24)/b2-1+. The Morgan fingerprint density at radius 2 is 1.90 bits per heavy atom. The molecule has 3 heterocycles. The van der Waals surface area contributed by atoms with Gasteiger partial charge in [-0.2, -0.15) is 0 Å². The van der Waals surface area contributed by atoms with Crippen molar-refractivity contribution < 1.29 is 9.59 Å². The molecule has 1 fully saturated rings. The lowest BCUT2D eigenvalue weighted by molar-refractivity contribution is -0.156. The van der Waals surface area contributed by atoms with Crippen LogP contribution >= 0.6 is 22.9 Å². The van der Waals surface area contributed by atoms with Gasteiger partial charge in [-0.15, -0.1) is 11.3 Å². The van der Waals surface area contributed by atoms with E-state index in [1.165, 1.54) is 11.3 Å². The van der Waals surface area contributed by atoms with Crippen LogP contribution in [0, 0.1) is 0 Å². The second-order valence-corrected chi connectivity index (χ2v) is 8.52. The number of pyridine rings is 1. The molecule has 0 atom stereocenters. The van der Waals surface area contributed by atoms with Gasteiger partial charge in [-0.1, -0.05) is 29.8 Å². The van der Waals surface area contributed by atoms with Crippen molar-refractivity contribution in [2.45, 2.75) is 6.54 Å². The molecule has 2 aromatic heterocycles. The summed E-state index contributed by atoms with van der Waals surface area (Å²) in [7, 11) is 0. The molecule has 3 aromatic rings. The third kappa shape index (κ3) is 4.26. The molecule has 148 valence electrons. The highest BCUT2D eigenvalue weighted by molar-refractivity contribution is 7.16. The third-order valence-corrected chi connectivity index (χ3v) is 6.01. The molecule has 0 spiro atoms. The van der Waals surface area contributed by atoms with Gasteiger partial charge in [0.2, 0.25) is 0 Å². The number of thiophene rings is 1. The number of halogens is 1. The first kappa shape index (κ1) is 19.4. The highest BCUT2D eigenvalue weighted by Crippen LogP contribution is 2.23. The number of nitrogen functional groups attached to an aromatic ring is 1. The Bertz CT molecular complexity index is 1110. The van der Waals surface area contributed by atoms with Gasteiger partial charge in [0.15, 0.2) is 0 Å². The van der Waals surface area contributed by atoms with E-state index in [4.69, 9.17) is 17.3 Å². The maximum Gasteiger partial charge on any atom is 0.312 e. The summed E-state index contributed by atoms with van der Waals surface area (Å²) in [4.78, 5) is 33.5. The van der Waals surface area contributed by atoms with E-state index in [1.807, 2.05) is 42.5 Å². The molecule has 4 rings (SSSR count). The maximum absolute atomic E-state index is 12.6. The largest absolute Gasteiger partial charge is 0.398 e. The van der Waals surface area contributed by atoms with Gasteiger partial charge in [0.1, 0.15) is 0 Å². The Kier molecular flexibility index (Phi) is 5.51. The summed E-state index contributed by atoms with van der Waals surface area (Å²) >= 11 is 7.38. The number of anilines is 1. The topological polar surface area (TPSA) is 79.5 Å². The van der Waals surface area contributed by atoms with Crippen LogP contribution in [0.2, 0.25) is 4.34 Å². The number of fused-ring (bicyclic) bond motifs is 1. The van der Waals surface area contributed by atoms with Crippen molar-refractivity contribution in [1.82, 2.24) is 14.8 Å². The highest BCUT2D eigenvalue weighted by atomic mass is 35.5. The zero-order chi connectivity index (χ0) is 20.4. The summed E-state index contributed by atoms with van der Waals surface area (Å²) in [5, 5.41) is 0.877. The number of nitrogens with two attached hydrogens (primary N) is 1. The van der Waals surface area contributed by atoms with E-state index in [0.717, 1.165) is 25.7 Å². The van der Waals surface area contributed by atoms with Crippen LogP contribution in [0.3, 0.4) is 0 Å². The maximum atomic E-state index is 12.6. The van der Waals surface area contributed by atoms with E-state index in [2.05, 4.69) is 4.98 Å². The van der Waals surface area contributed by atoms with Crippen LogP contribution < -0.4 is 5.73 Å². The zero-order valence-electron chi connectivity index (χ0n) is 15.5. The lowest BCUT2D eigenvalue weighted by Gasteiger charge is -2.33. The molecule has 1 saturated heterocycles. The zero-order valence-corrected chi connectivity index (χ0v) is 17.1. The van der Waals surface area contributed by atoms with E-state index in [1.54, 1.807) is 22.1 Å². The molecule has 0 bridgehead atoms. The summed E-state index contributed by atoms with van der Waals surface area (Å²) in [6, 6.07) is 11.2. The van der Waals surface area contributed by atoms with Gasteiger partial charge in [-0.3, -0.25) is 14.6 Å². The number of aromatic nitrogens is 1. The number of nitrogens with zero attached hydrogens (tertiary/aromatic N) is 3. The average molecular weight is 427 g/mol. The van der Waals surface area contributed by atoms with Crippen LogP contribution in [-0.2, 0) is 16.1 Å². The fourth-order valence-corrected chi connectivity index (χ4v) is 4.28. The molecule has 0 radical (unpaired) electrons. The lowest BCUT2D eigenvalue weighted by atomic mass is 10.1. The van der Waals surface area contributed by atoms with Crippen molar-refractivity contribution >= 4 is 57.4 Å². The first-order valence-electron chi connectivity index (χ1n) is 9.14. The Morgan fingerprint density at radius 3 is 2.69 bits per heavy atom.